The predicted molar refractivity (Wildman–Crippen MR) is 87.6 cm³/mol. The Morgan fingerprint density at radius 2 is 2.17 bits per heavy atom. The van der Waals surface area contributed by atoms with Crippen molar-refractivity contribution in [1.82, 2.24) is 14.6 Å². The molecule has 1 amide bonds. The van der Waals surface area contributed by atoms with Crippen LogP contribution in [-0.4, -0.2) is 20.6 Å². The van der Waals surface area contributed by atoms with Crippen molar-refractivity contribution in [3.05, 3.63) is 70.3 Å². The monoisotopic (exact) mass is 326 g/mol. The maximum absolute atomic E-state index is 13.3. The first-order valence-electron chi connectivity index (χ1n) is 7.48. The van der Waals surface area contributed by atoms with Crippen LogP contribution in [0, 0.1) is 5.82 Å². The van der Waals surface area contributed by atoms with Gasteiger partial charge in [-0.3, -0.25) is 20.0 Å². The van der Waals surface area contributed by atoms with Crippen LogP contribution in [-0.2, 0) is 17.6 Å². The van der Waals surface area contributed by atoms with Gasteiger partial charge in [-0.05, 0) is 23.8 Å². The van der Waals surface area contributed by atoms with Crippen molar-refractivity contribution in [3.63, 3.8) is 0 Å². The zero-order valence-electron chi connectivity index (χ0n) is 13.0. The fourth-order valence-corrected chi connectivity index (χ4v) is 2.41. The number of halogens is 1. The van der Waals surface area contributed by atoms with E-state index in [0.29, 0.717) is 12.2 Å². The quantitative estimate of drug-likeness (QED) is 0.793. The lowest BCUT2D eigenvalue weighted by atomic mass is 10.2. The Balaban J connectivity index is 1.96. The number of rotatable bonds is 4. The molecule has 1 aromatic carbocycles. The third-order valence-corrected chi connectivity index (χ3v) is 3.54. The molecule has 0 aliphatic carbocycles. The van der Waals surface area contributed by atoms with Crippen LogP contribution in [0.2, 0.25) is 0 Å². The minimum Gasteiger partial charge on any atom is -0.273 e. The lowest BCUT2D eigenvalue weighted by molar-refractivity contribution is -0.116. The van der Waals surface area contributed by atoms with Crippen LogP contribution in [0.4, 0.5) is 4.39 Å². The van der Waals surface area contributed by atoms with Crippen LogP contribution < -0.4 is 11.0 Å². The summed E-state index contributed by atoms with van der Waals surface area (Å²) in [7, 11) is 0. The third kappa shape index (κ3) is 3.15. The van der Waals surface area contributed by atoms with E-state index in [1.807, 2.05) is 0 Å². The highest BCUT2D eigenvalue weighted by Gasteiger charge is 2.13. The smallest absolute Gasteiger partial charge is 0.273 e. The fraction of sp³-hybridized carbons (Fsp3) is 0.176. The van der Waals surface area contributed by atoms with E-state index in [2.05, 4.69) is 15.4 Å². The number of aryl methyl sites for hydroxylation is 1. The van der Waals surface area contributed by atoms with Gasteiger partial charge in [-0.1, -0.05) is 13.0 Å². The molecule has 122 valence electrons. The van der Waals surface area contributed by atoms with Gasteiger partial charge in [0.15, 0.2) is 0 Å². The first-order valence-corrected chi connectivity index (χ1v) is 7.48. The van der Waals surface area contributed by atoms with Crippen molar-refractivity contribution in [2.75, 3.05) is 5.43 Å². The van der Waals surface area contributed by atoms with Crippen molar-refractivity contribution >= 4 is 16.8 Å². The number of nitrogens with zero attached hydrogens (tertiary/aromatic N) is 3. The molecule has 0 radical (unpaired) electrons. The van der Waals surface area contributed by atoms with Crippen molar-refractivity contribution in [2.45, 2.75) is 19.8 Å². The fourth-order valence-electron chi connectivity index (χ4n) is 2.41. The van der Waals surface area contributed by atoms with Gasteiger partial charge in [0.05, 0.1) is 17.3 Å². The van der Waals surface area contributed by atoms with Gasteiger partial charge in [0.1, 0.15) is 11.6 Å². The summed E-state index contributed by atoms with van der Waals surface area (Å²) in [6.07, 6.45) is 3.71. The molecule has 0 saturated heterocycles. The maximum Gasteiger partial charge on any atom is 0.280 e. The molecule has 2 aromatic heterocycles. The van der Waals surface area contributed by atoms with E-state index in [1.54, 1.807) is 31.5 Å². The van der Waals surface area contributed by atoms with Crippen LogP contribution in [0.15, 0.2) is 47.5 Å². The Labute approximate surface area is 137 Å². The van der Waals surface area contributed by atoms with Crippen LogP contribution in [0.5, 0.6) is 0 Å². The number of pyridine rings is 1. The number of carbonyl (C=O) groups is 1. The van der Waals surface area contributed by atoms with E-state index in [9.17, 15) is 14.0 Å². The molecule has 7 heteroatoms. The molecule has 0 spiro atoms. The molecule has 0 fully saturated rings. The van der Waals surface area contributed by atoms with E-state index < -0.39 is 11.4 Å². The third-order valence-electron chi connectivity index (χ3n) is 3.54. The van der Waals surface area contributed by atoms with Gasteiger partial charge >= 0.3 is 0 Å². The van der Waals surface area contributed by atoms with Gasteiger partial charge in [-0.25, -0.2) is 14.1 Å². The van der Waals surface area contributed by atoms with Crippen LogP contribution in [0.25, 0.3) is 10.9 Å². The van der Waals surface area contributed by atoms with Gasteiger partial charge in [0.25, 0.3) is 5.56 Å². The Kier molecular flexibility index (Phi) is 4.33. The molecule has 0 aliphatic rings. The van der Waals surface area contributed by atoms with E-state index in [0.717, 1.165) is 10.2 Å². The number of benzene rings is 1. The first-order chi connectivity index (χ1) is 11.6. The van der Waals surface area contributed by atoms with Crippen molar-refractivity contribution in [2.24, 2.45) is 0 Å². The summed E-state index contributed by atoms with van der Waals surface area (Å²) in [5, 5.41) is 0.246. The molecule has 2 heterocycles. The summed E-state index contributed by atoms with van der Waals surface area (Å²) in [5.41, 5.74) is 3.14. The normalized spacial score (nSPS) is 10.8. The Morgan fingerprint density at radius 1 is 1.33 bits per heavy atom. The molecule has 0 aliphatic heterocycles. The second-order valence-electron chi connectivity index (χ2n) is 5.26. The summed E-state index contributed by atoms with van der Waals surface area (Å²) < 4.78 is 14.5. The Hall–Kier alpha value is -3.09. The molecule has 0 atom stereocenters. The molecule has 1 N–H and O–H groups in total. The number of amides is 1. The number of hydrogen-bond donors (Lipinski definition) is 1. The molecule has 6 nitrogen and oxygen atoms in total. The van der Waals surface area contributed by atoms with Crippen LogP contribution >= 0.6 is 0 Å². The molecule has 0 saturated carbocycles. The predicted octanol–water partition coefficient (Wildman–Crippen LogP) is 1.81. The maximum atomic E-state index is 13.3. The van der Waals surface area contributed by atoms with Gasteiger partial charge in [0, 0.05) is 24.9 Å². The minimum absolute atomic E-state index is 0.0882. The Morgan fingerprint density at radius 3 is 2.88 bits per heavy atom. The molecule has 0 bridgehead atoms. The summed E-state index contributed by atoms with van der Waals surface area (Å²) in [6.45, 7) is 1.80. The summed E-state index contributed by atoms with van der Waals surface area (Å²) in [5.74, 6) is -0.462. The SMILES string of the molecule is CCc1nc2cc(F)ccc2c(=O)n1NC(=O)Cc1cccnc1. The second-order valence-corrected chi connectivity index (χ2v) is 5.26. The standard InChI is InChI=1S/C17H15FN4O2/c1-2-15-20-14-9-12(18)5-6-13(14)17(24)22(15)21-16(23)8-11-4-3-7-19-10-11/h3-7,9-10H,2,8H2,1H3,(H,21,23). The minimum atomic E-state index is -0.463. The lowest BCUT2D eigenvalue weighted by Gasteiger charge is -2.13. The zero-order chi connectivity index (χ0) is 17.1. The molecule has 3 rings (SSSR count). The van der Waals surface area contributed by atoms with Crippen LogP contribution in [0.1, 0.15) is 18.3 Å². The average Bonchev–Trinajstić information content (AvgIpc) is 2.58. The highest BCUT2D eigenvalue weighted by atomic mass is 19.1. The summed E-state index contributed by atoms with van der Waals surface area (Å²) >= 11 is 0. The first kappa shape index (κ1) is 15.8. The van der Waals surface area contributed by atoms with Crippen LogP contribution in [0.3, 0.4) is 0 Å². The van der Waals surface area contributed by atoms with Gasteiger partial charge in [-0.2, -0.15) is 0 Å². The number of fused-ring (bicyclic) bond motifs is 1. The van der Waals surface area contributed by atoms with Gasteiger partial charge < -0.3 is 0 Å². The highest BCUT2D eigenvalue weighted by molar-refractivity contribution is 5.86. The van der Waals surface area contributed by atoms with Crippen molar-refractivity contribution in [3.8, 4) is 0 Å². The van der Waals surface area contributed by atoms with Gasteiger partial charge in [-0.15, -0.1) is 0 Å². The lowest BCUT2D eigenvalue weighted by Crippen LogP contribution is -2.37. The molecular weight excluding hydrogens is 311 g/mol. The van der Waals surface area contributed by atoms with Gasteiger partial charge in [0.2, 0.25) is 5.91 Å². The number of aromatic nitrogens is 3. The van der Waals surface area contributed by atoms with E-state index in [1.165, 1.54) is 18.2 Å². The molecule has 0 unspecified atom stereocenters. The van der Waals surface area contributed by atoms with E-state index in [-0.39, 0.29) is 23.2 Å². The number of hydrogen-bond acceptors (Lipinski definition) is 4. The highest BCUT2D eigenvalue weighted by Crippen LogP contribution is 2.10. The molecular formula is C17H15FN4O2. The zero-order valence-corrected chi connectivity index (χ0v) is 13.0. The van der Waals surface area contributed by atoms with E-state index >= 15 is 0 Å². The largest absolute Gasteiger partial charge is 0.280 e. The van der Waals surface area contributed by atoms with E-state index in [4.69, 9.17) is 0 Å². The van der Waals surface area contributed by atoms with Crippen molar-refractivity contribution < 1.29 is 9.18 Å². The second kappa shape index (κ2) is 6.57. The summed E-state index contributed by atoms with van der Waals surface area (Å²) in [6, 6.07) is 7.27. The number of carbonyl (C=O) groups excluding carboxylic acids is 1. The average molecular weight is 326 g/mol. The summed E-state index contributed by atoms with van der Waals surface area (Å²) in [4.78, 5) is 33.0. The molecule has 24 heavy (non-hydrogen) atoms. The topological polar surface area (TPSA) is 76.9 Å². The number of nitrogens with one attached hydrogen (secondary N) is 1. The molecule has 3 aromatic rings. The van der Waals surface area contributed by atoms with Crippen molar-refractivity contribution in [1.29, 1.82) is 0 Å². The Bertz CT molecular complexity index is 954.